The average Bonchev–Trinajstić information content (AvgIpc) is 2.77. The fourth-order valence-electron chi connectivity index (χ4n) is 4.48. The van der Waals surface area contributed by atoms with Crippen molar-refractivity contribution >= 4 is 11.6 Å². The Bertz CT molecular complexity index is 1060. The smallest absolute Gasteiger partial charge is 0.287 e. The number of carbonyl (C=O) groups is 1. The highest BCUT2D eigenvalue weighted by Gasteiger charge is 2.43. The van der Waals surface area contributed by atoms with E-state index in [1.807, 2.05) is 6.07 Å². The van der Waals surface area contributed by atoms with Crippen LogP contribution in [0.1, 0.15) is 52.2 Å². The summed E-state index contributed by atoms with van der Waals surface area (Å²) in [5, 5.41) is 20.0. The van der Waals surface area contributed by atoms with E-state index in [0.717, 1.165) is 16.7 Å². The molecule has 2 N–H and O–H groups in total. The second-order valence-electron chi connectivity index (χ2n) is 9.50. The van der Waals surface area contributed by atoms with Gasteiger partial charge in [-0.25, -0.2) is 4.68 Å². The summed E-state index contributed by atoms with van der Waals surface area (Å²) >= 11 is 0. The van der Waals surface area contributed by atoms with Crippen molar-refractivity contribution in [2.24, 2.45) is 23.2 Å². The molecule has 0 saturated heterocycles. The summed E-state index contributed by atoms with van der Waals surface area (Å²) in [7, 11) is 0. The molecule has 1 aliphatic rings. The van der Waals surface area contributed by atoms with Gasteiger partial charge < -0.3 is 10.6 Å². The minimum atomic E-state index is -0.568. The van der Waals surface area contributed by atoms with Gasteiger partial charge >= 0.3 is 0 Å². The molecule has 1 amide bonds. The molecule has 1 aliphatic carbocycles. The Morgan fingerprint density at radius 3 is 2.62 bits per heavy atom. The zero-order chi connectivity index (χ0) is 23.5. The fraction of sp³-hybridized carbons (Fsp3) is 0.542. The molecule has 1 fully saturated rings. The number of amides is 1. The maximum Gasteiger partial charge on any atom is 0.287 e. The van der Waals surface area contributed by atoms with Crippen LogP contribution in [0.2, 0.25) is 0 Å². The highest BCUT2D eigenvalue weighted by Crippen LogP contribution is 2.48. The van der Waals surface area contributed by atoms with E-state index in [9.17, 15) is 14.9 Å². The molecule has 8 nitrogen and oxygen atoms in total. The minimum absolute atomic E-state index is 0.0146. The Kier molecular flexibility index (Phi) is 6.97. The van der Waals surface area contributed by atoms with E-state index in [-0.39, 0.29) is 29.5 Å². The lowest BCUT2D eigenvalue weighted by molar-refractivity contribution is -0.122. The first kappa shape index (κ1) is 23.5. The van der Waals surface area contributed by atoms with Crippen molar-refractivity contribution in [3.63, 3.8) is 0 Å². The molecule has 0 radical (unpaired) electrons. The Labute approximate surface area is 189 Å². The highest BCUT2D eigenvalue weighted by molar-refractivity contribution is 5.75. The van der Waals surface area contributed by atoms with Crippen molar-refractivity contribution in [2.75, 3.05) is 5.32 Å². The van der Waals surface area contributed by atoms with E-state index in [4.69, 9.17) is 0 Å². The van der Waals surface area contributed by atoms with Gasteiger partial charge in [0, 0.05) is 25.0 Å². The van der Waals surface area contributed by atoms with Crippen molar-refractivity contribution in [1.82, 2.24) is 20.1 Å². The van der Waals surface area contributed by atoms with Crippen LogP contribution in [-0.4, -0.2) is 26.7 Å². The van der Waals surface area contributed by atoms with Crippen molar-refractivity contribution < 1.29 is 4.79 Å². The predicted molar refractivity (Wildman–Crippen MR) is 123 cm³/mol. The summed E-state index contributed by atoms with van der Waals surface area (Å²) in [6.07, 6.45) is 5.73. The van der Waals surface area contributed by atoms with Gasteiger partial charge in [-0.1, -0.05) is 34.6 Å². The van der Waals surface area contributed by atoms with Gasteiger partial charge in [0.15, 0.2) is 0 Å². The third-order valence-corrected chi connectivity index (χ3v) is 7.50. The molecule has 0 aromatic carbocycles. The molecule has 4 atom stereocenters. The molecule has 32 heavy (non-hydrogen) atoms. The van der Waals surface area contributed by atoms with E-state index in [0.29, 0.717) is 30.0 Å². The largest absolute Gasteiger partial charge is 0.379 e. The van der Waals surface area contributed by atoms with E-state index >= 15 is 0 Å². The van der Waals surface area contributed by atoms with Crippen LogP contribution >= 0.6 is 0 Å². The molecule has 0 aliphatic heterocycles. The third-order valence-electron chi connectivity index (χ3n) is 7.50. The van der Waals surface area contributed by atoms with Crippen LogP contribution in [0.25, 0.3) is 0 Å². The number of pyridine rings is 1. The minimum Gasteiger partial charge on any atom is -0.379 e. The number of aromatic nitrogens is 3. The lowest BCUT2D eigenvalue weighted by Crippen LogP contribution is -2.48. The Hall–Kier alpha value is -3.21. The normalized spacial score (nSPS) is 24.4. The Balaban J connectivity index is 1.72. The van der Waals surface area contributed by atoms with Crippen molar-refractivity contribution in [3.8, 4) is 6.07 Å². The molecular formula is C24H32N6O2. The lowest BCUT2D eigenvalue weighted by Gasteiger charge is -2.50. The maximum atomic E-state index is 12.8. The molecule has 0 unspecified atom stereocenters. The van der Waals surface area contributed by atoms with Gasteiger partial charge in [-0.3, -0.25) is 14.6 Å². The molecule has 8 heteroatoms. The SMILES string of the molecule is C[C@@H]1[C@@H](C)C(C)(C)[C@@H](C)C[C@H]1Nc1cnn(CC(=O)NCc2ccncc2)c(=O)c1C#N. The van der Waals surface area contributed by atoms with Gasteiger partial charge in [0.1, 0.15) is 18.2 Å². The predicted octanol–water partition coefficient (Wildman–Crippen LogP) is 2.95. The number of hydrogen-bond acceptors (Lipinski definition) is 6. The van der Waals surface area contributed by atoms with Crippen molar-refractivity contribution in [2.45, 2.75) is 60.2 Å². The van der Waals surface area contributed by atoms with Gasteiger partial charge in [0.05, 0.1) is 11.9 Å². The van der Waals surface area contributed by atoms with Crippen LogP contribution in [-0.2, 0) is 17.9 Å². The van der Waals surface area contributed by atoms with Crippen molar-refractivity contribution in [1.29, 1.82) is 5.26 Å². The number of nitriles is 1. The molecule has 0 spiro atoms. The Morgan fingerprint density at radius 2 is 1.97 bits per heavy atom. The van der Waals surface area contributed by atoms with Gasteiger partial charge in [0.2, 0.25) is 5.91 Å². The highest BCUT2D eigenvalue weighted by atomic mass is 16.2. The summed E-state index contributed by atoms with van der Waals surface area (Å²) in [4.78, 5) is 29.1. The van der Waals surface area contributed by atoms with E-state index in [2.05, 4.69) is 55.3 Å². The summed E-state index contributed by atoms with van der Waals surface area (Å²) < 4.78 is 1.03. The van der Waals surface area contributed by atoms with Crippen LogP contribution < -0.4 is 16.2 Å². The first-order valence-corrected chi connectivity index (χ1v) is 11.1. The molecule has 3 rings (SSSR count). The van der Waals surface area contributed by atoms with Crippen LogP contribution in [0.5, 0.6) is 0 Å². The molecule has 2 heterocycles. The lowest BCUT2D eigenvalue weighted by atomic mass is 9.58. The molecule has 170 valence electrons. The van der Waals surface area contributed by atoms with Crippen LogP contribution in [0, 0.1) is 34.5 Å². The second kappa shape index (κ2) is 9.51. The number of hydrogen-bond donors (Lipinski definition) is 2. The number of rotatable bonds is 6. The molecule has 2 aromatic heterocycles. The number of nitrogens with zero attached hydrogens (tertiary/aromatic N) is 4. The summed E-state index contributed by atoms with van der Waals surface area (Å²) in [5.74, 6) is 0.988. The van der Waals surface area contributed by atoms with E-state index < -0.39 is 5.56 Å². The van der Waals surface area contributed by atoms with E-state index in [1.165, 1.54) is 6.20 Å². The van der Waals surface area contributed by atoms with Gasteiger partial charge in [0.25, 0.3) is 5.56 Å². The summed E-state index contributed by atoms with van der Waals surface area (Å²) in [6.45, 7) is 11.4. The van der Waals surface area contributed by atoms with Crippen LogP contribution in [0.15, 0.2) is 35.5 Å². The van der Waals surface area contributed by atoms with Crippen molar-refractivity contribution in [3.05, 3.63) is 52.2 Å². The molecular weight excluding hydrogens is 404 g/mol. The Morgan fingerprint density at radius 1 is 1.28 bits per heavy atom. The fourth-order valence-corrected chi connectivity index (χ4v) is 4.48. The second-order valence-corrected chi connectivity index (χ2v) is 9.50. The standard InChI is InChI=1S/C24H32N6O2/c1-15-10-20(16(2)17(3)24(15,4)5)29-21-13-28-30(23(32)19(21)11-25)14-22(31)27-12-18-6-8-26-9-7-18/h6-9,13,15-17,20,29H,10,12,14H2,1-5H3,(H,27,31)/t15-,16+,17+,20+/m0/s1. The summed E-state index contributed by atoms with van der Waals surface area (Å²) in [5.41, 5.74) is 0.975. The zero-order valence-corrected chi connectivity index (χ0v) is 19.4. The number of carbonyl (C=O) groups excluding carboxylic acids is 1. The topological polar surface area (TPSA) is 113 Å². The summed E-state index contributed by atoms with van der Waals surface area (Å²) in [6, 6.07) is 5.74. The molecule has 0 bridgehead atoms. The molecule has 1 saturated carbocycles. The maximum absolute atomic E-state index is 12.8. The number of anilines is 1. The van der Waals surface area contributed by atoms with Gasteiger partial charge in [-0.05, 0) is 47.3 Å². The van der Waals surface area contributed by atoms with Gasteiger partial charge in [-0.15, -0.1) is 0 Å². The average molecular weight is 437 g/mol. The zero-order valence-electron chi connectivity index (χ0n) is 19.4. The first-order chi connectivity index (χ1) is 15.1. The third kappa shape index (κ3) is 4.82. The first-order valence-electron chi connectivity index (χ1n) is 11.1. The monoisotopic (exact) mass is 436 g/mol. The molecule has 2 aromatic rings. The van der Waals surface area contributed by atoms with E-state index in [1.54, 1.807) is 24.5 Å². The van der Waals surface area contributed by atoms with Gasteiger partial charge in [-0.2, -0.15) is 10.4 Å². The quantitative estimate of drug-likeness (QED) is 0.720. The van der Waals surface area contributed by atoms with Crippen LogP contribution in [0.3, 0.4) is 0 Å². The number of nitrogens with one attached hydrogen (secondary N) is 2. The van der Waals surface area contributed by atoms with Crippen LogP contribution in [0.4, 0.5) is 5.69 Å².